The number of carboxylic acid groups (broad SMARTS) is 1. The van der Waals surface area contributed by atoms with Gasteiger partial charge in [0.2, 0.25) is 21.8 Å². The van der Waals surface area contributed by atoms with Gasteiger partial charge in [0.25, 0.3) is 11.8 Å². The Balaban J connectivity index is 1.44. The first kappa shape index (κ1) is 34.2. The van der Waals surface area contributed by atoms with Crippen LogP contribution in [-0.4, -0.2) is 94.8 Å². The maximum atomic E-state index is 14.0. The lowest BCUT2D eigenvalue weighted by atomic mass is 9.85. The number of benzene rings is 1. The minimum Gasteiger partial charge on any atom is -0.497 e. The Morgan fingerprint density at radius 1 is 1.19 bits per heavy atom. The monoisotopic (exact) mass is 692 g/mol. The summed E-state index contributed by atoms with van der Waals surface area (Å²) in [5, 5.41) is 13.7. The van der Waals surface area contributed by atoms with Crippen LogP contribution < -0.4 is 24.8 Å². The Morgan fingerprint density at radius 2 is 1.89 bits per heavy atom. The fourth-order valence-electron chi connectivity index (χ4n) is 5.69. The summed E-state index contributed by atoms with van der Waals surface area (Å²) in [5.41, 5.74) is -1.60. The molecule has 2 aliphatic carbocycles. The molecule has 0 unspecified atom stereocenters. The number of rotatable bonds is 11. The van der Waals surface area contributed by atoms with E-state index < -0.39 is 74.1 Å². The molecule has 0 radical (unpaired) electrons. The molecule has 47 heavy (non-hydrogen) atoms. The number of aromatic nitrogens is 2. The van der Waals surface area contributed by atoms with Gasteiger partial charge in [-0.05, 0) is 36.8 Å². The van der Waals surface area contributed by atoms with E-state index in [2.05, 4.69) is 31.9 Å². The van der Waals surface area contributed by atoms with Gasteiger partial charge in [0.05, 0.1) is 29.9 Å². The zero-order valence-electron chi connectivity index (χ0n) is 26.3. The Labute approximate surface area is 276 Å². The number of fused-ring (bicyclic) bond motifs is 1. The summed E-state index contributed by atoms with van der Waals surface area (Å²) in [4.78, 5) is 62.9. The van der Waals surface area contributed by atoms with E-state index >= 15 is 0 Å². The van der Waals surface area contributed by atoms with Crippen molar-refractivity contribution in [2.24, 2.45) is 11.3 Å². The van der Waals surface area contributed by atoms with Crippen LogP contribution in [0.3, 0.4) is 0 Å². The van der Waals surface area contributed by atoms with Crippen molar-refractivity contribution < 1.29 is 42.2 Å². The van der Waals surface area contributed by atoms with Gasteiger partial charge in [0.15, 0.2) is 5.15 Å². The van der Waals surface area contributed by atoms with Crippen LogP contribution in [0.25, 0.3) is 11.0 Å². The lowest BCUT2D eigenvalue weighted by Gasteiger charge is -2.35. The Hall–Kier alpha value is -4.18. The Morgan fingerprint density at radius 3 is 2.47 bits per heavy atom. The van der Waals surface area contributed by atoms with E-state index in [1.807, 2.05) is 0 Å². The first-order chi connectivity index (χ1) is 22.0. The van der Waals surface area contributed by atoms with Crippen LogP contribution in [0.5, 0.6) is 11.6 Å². The lowest BCUT2D eigenvalue weighted by molar-refractivity contribution is -0.142. The second-order valence-corrected chi connectivity index (χ2v) is 15.4. The first-order valence-corrected chi connectivity index (χ1v) is 16.9. The zero-order chi connectivity index (χ0) is 34.5. The van der Waals surface area contributed by atoms with Crippen LogP contribution in [-0.2, 0) is 24.4 Å². The van der Waals surface area contributed by atoms with Crippen molar-refractivity contribution in [3.63, 3.8) is 0 Å². The Bertz CT molecular complexity index is 1740. The fourth-order valence-corrected chi connectivity index (χ4v) is 7.23. The quantitative estimate of drug-likeness (QED) is 0.251. The highest BCUT2D eigenvalue weighted by Gasteiger charge is 2.62. The molecule has 4 N–H and O–H groups in total. The van der Waals surface area contributed by atoms with Gasteiger partial charge in [-0.1, -0.05) is 38.4 Å². The smallest absolute Gasteiger partial charge is 0.405 e. The summed E-state index contributed by atoms with van der Waals surface area (Å²) >= 11 is 6.39. The third-order valence-electron chi connectivity index (χ3n) is 8.56. The molecule has 1 aliphatic heterocycles. The highest BCUT2D eigenvalue weighted by atomic mass is 35.5. The van der Waals surface area contributed by atoms with Crippen LogP contribution in [0.1, 0.15) is 46.5 Å². The number of sulfonamides is 1. The molecule has 1 aromatic heterocycles. The van der Waals surface area contributed by atoms with E-state index in [0.29, 0.717) is 29.6 Å². The fraction of sp³-hybridized carbons (Fsp3) is 0.533. The minimum atomic E-state index is -3.91. The highest BCUT2D eigenvalue weighted by Crippen LogP contribution is 2.45. The molecule has 1 aromatic carbocycles. The zero-order valence-corrected chi connectivity index (χ0v) is 27.9. The standard InChI is InChI=1S/C30H37ClN6O9S/c1-6-15-13-30(15,27(40)36-47(43,44)18-8-9-18)35-24(38)21-12-17(14-37(21)26(39)22(29(2,3)4)34-28(41)42)46-25-23(31)32-19-10-7-16(45-5)11-20(19)33-25/h6-7,10-11,15,17-18,21-22,34H,1,8-9,12-14H2,2-5H3,(H,35,38)(H,36,40)(H,41,42)/t15-,17-,21+,22-,30-/m1/s1. The minimum absolute atomic E-state index is 0.0584. The van der Waals surface area contributed by atoms with Crippen molar-refractivity contribution in [2.75, 3.05) is 13.7 Å². The van der Waals surface area contributed by atoms with Crippen LogP contribution in [0, 0.1) is 11.3 Å². The van der Waals surface area contributed by atoms with Gasteiger partial charge in [-0.25, -0.2) is 23.2 Å². The molecule has 15 nitrogen and oxygen atoms in total. The number of carbonyl (C=O) groups excluding carboxylic acids is 3. The summed E-state index contributed by atoms with van der Waals surface area (Å²) in [6, 6.07) is 2.51. The van der Waals surface area contributed by atoms with E-state index in [1.165, 1.54) is 18.1 Å². The van der Waals surface area contributed by atoms with E-state index in [4.69, 9.17) is 21.1 Å². The highest BCUT2D eigenvalue weighted by molar-refractivity contribution is 7.91. The normalized spacial score (nSPS) is 24.6. The van der Waals surface area contributed by atoms with Gasteiger partial charge in [0.1, 0.15) is 29.5 Å². The number of hydrogen-bond acceptors (Lipinski definition) is 10. The van der Waals surface area contributed by atoms with Gasteiger partial charge in [-0.2, -0.15) is 0 Å². The number of nitrogens with one attached hydrogen (secondary N) is 3. The number of nitrogens with zero attached hydrogens (tertiary/aromatic N) is 3. The maximum Gasteiger partial charge on any atom is 0.405 e. The molecule has 3 fully saturated rings. The second kappa shape index (κ2) is 12.4. The SMILES string of the molecule is C=C[C@@H]1C[C@]1(NC(=O)[C@@H]1C[C@@H](Oc2nc3cc(OC)ccc3nc2Cl)CN1C(=O)[C@@H](NC(=O)O)C(C)(C)C)C(=O)NS(=O)(=O)C1CC1. The third-order valence-corrected chi connectivity index (χ3v) is 10.6. The van der Waals surface area contributed by atoms with E-state index in [0.717, 1.165) is 0 Å². The number of amides is 4. The summed E-state index contributed by atoms with van der Waals surface area (Å²) < 4.78 is 38.6. The molecule has 2 saturated carbocycles. The number of carbonyl (C=O) groups is 4. The molecule has 17 heteroatoms. The van der Waals surface area contributed by atoms with Crippen molar-refractivity contribution >= 4 is 56.5 Å². The molecule has 3 aliphatic rings. The molecule has 2 heterocycles. The summed E-state index contributed by atoms with van der Waals surface area (Å²) in [6.45, 7) is 8.55. The average molecular weight is 693 g/mol. The van der Waals surface area contributed by atoms with Gasteiger partial charge in [0, 0.05) is 18.4 Å². The third kappa shape index (κ3) is 7.07. The number of likely N-dealkylation sites (tertiary alicyclic amines) is 1. The summed E-state index contributed by atoms with van der Waals surface area (Å²) in [5.74, 6) is -2.43. The Kier molecular flexibility index (Phi) is 9.05. The maximum absolute atomic E-state index is 14.0. The molecule has 5 rings (SSSR count). The first-order valence-electron chi connectivity index (χ1n) is 15.0. The second-order valence-electron chi connectivity index (χ2n) is 13.1. The van der Waals surface area contributed by atoms with E-state index in [9.17, 15) is 32.7 Å². The molecule has 254 valence electrons. The van der Waals surface area contributed by atoms with Crippen LogP contribution in [0.15, 0.2) is 30.9 Å². The van der Waals surface area contributed by atoms with E-state index in [1.54, 1.807) is 39.0 Å². The van der Waals surface area contributed by atoms with Crippen molar-refractivity contribution in [3.8, 4) is 11.6 Å². The largest absolute Gasteiger partial charge is 0.497 e. The predicted octanol–water partition coefficient (Wildman–Crippen LogP) is 1.99. The van der Waals surface area contributed by atoms with Crippen LogP contribution in [0.2, 0.25) is 5.15 Å². The molecule has 0 spiro atoms. The van der Waals surface area contributed by atoms with E-state index in [-0.39, 0.29) is 30.4 Å². The number of ether oxygens (including phenoxy) is 2. The number of methoxy groups -OCH3 is 1. The molecule has 0 bridgehead atoms. The van der Waals surface area contributed by atoms with Gasteiger partial charge in [-0.3, -0.25) is 19.1 Å². The lowest BCUT2D eigenvalue weighted by Crippen LogP contribution is -2.60. The molecule has 1 saturated heterocycles. The average Bonchev–Trinajstić information content (AvgIpc) is 3.92. The summed E-state index contributed by atoms with van der Waals surface area (Å²) in [6.07, 6.45) is 0.0499. The van der Waals surface area contributed by atoms with Crippen molar-refractivity contribution in [1.82, 2.24) is 30.2 Å². The molecule has 2 aromatic rings. The summed E-state index contributed by atoms with van der Waals surface area (Å²) in [7, 11) is -2.41. The van der Waals surface area contributed by atoms with Gasteiger partial charge < -0.3 is 30.1 Å². The number of halogens is 1. The molecule has 5 atom stereocenters. The number of hydrogen-bond donors (Lipinski definition) is 4. The van der Waals surface area contributed by atoms with Crippen molar-refractivity contribution in [2.45, 2.75) is 75.4 Å². The van der Waals surface area contributed by atoms with Gasteiger partial charge >= 0.3 is 6.09 Å². The molecular weight excluding hydrogens is 656 g/mol. The van der Waals surface area contributed by atoms with Gasteiger partial charge in [-0.15, -0.1) is 6.58 Å². The topological polar surface area (TPSA) is 206 Å². The van der Waals surface area contributed by atoms with Crippen LogP contribution >= 0.6 is 11.6 Å². The molecule has 4 amide bonds. The van der Waals surface area contributed by atoms with Crippen molar-refractivity contribution in [3.05, 3.63) is 36.0 Å². The molecular formula is C30H37ClN6O9S. The predicted molar refractivity (Wildman–Crippen MR) is 169 cm³/mol. The van der Waals surface area contributed by atoms with Crippen LogP contribution in [0.4, 0.5) is 4.79 Å². The van der Waals surface area contributed by atoms with Crippen molar-refractivity contribution in [1.29, 1.82) is 0 Å².